The monoisotopic (exact) mass is 608 g/mol. The number of benzene rings is 4. The predicted molar refractivity (Wildman–Crippen MR) is 155 cm³/mol. The van der Waals surface area contributed by atoms with E-state index in [1.165, 1.54) is 24.3 Å². The van der Waals surface area contributed by atoms with Gasteiger partial charge in [-0.05, 0) is 48.6 Å². The molecule has 12 nitrogen and oxygen atoms in total. The molecule has 4 aromatic carbocycles. The van der Waals surface area contributed by atoms with Crippen molar-refractivity contribution in [1.29, 1.82) is 0 Å². The Balaban J connectivity index is 1.71. The number of hydrogen-bond donors (Lipinski definition) is 11. The summed E-state index contributed by atoms with van der Waals surface area (Å²) in [4.78, 5) is 0. The molecule has 4 atom stereocenters. The standard InChI is InChI=1S/C32H32O12/c1-12(3-17-19(34)9-16(33)10-20(17)35)27(14-5-23(38)29(42)24(39)6-14)28-22(37)11-21(36)18-4-13(2)31(44-32(18)28)15-7-25(40)30(43)26(41)8-15/h5-13,27,31,33-43H,3-4H2,1-2H3/t12-,13-,27-,31+/m1/s1. The van der Waals surface area contributed by atoms with E-state index in [0.717, 1.165) is 18.2 Å². The number of ether oxygens (including phenoxy) is 1. The van der Waals surface area contributed by atoms with E-state index < -0.39 is 69.7 Å². The highest BCUT2D eigenvalue weighted by molar-refractivity contribution is 5.63. The molecule has 1 aliphatic heterocycles. The lowest BCUT2D eigenvalue weighted by Crippen LogP contribution is -2.26. The van der Waals surface area contributed by atoms with Crippen LogP contribution in [0.3, 0.4) is 0 Å². The second-order valence-electron chi connectivity index (χ2n) is 11.3. The van der Waals surface area contributed by atoms with Crippen LogP contribution in [0.2, 0.25) is 0 Å². The van der Waals surface area contributed by atoms with Crippen LogP contribution in [0.1, 0.15) is 53.7 Å². The summed E-state index contributed by atoms with van der Waals surface area (Å²) in [5, 5.41) is 114. The van der Waals surface area contributed by atoms with E-state index in [2.05, 4.69) is 0 Å². The van der Waals surface area contributed by atoms with Crippen molar-refractivity contribution in [3.63, 3.8) is 0 Å². The first kappa shape index (κ1) is 30.0. The van der Waals surface area contributed by atoms with Crippen molar-refractivity contribution in [2.24, 2.45) is 11.8 Å². The number of phenols is 11. The van der Waals surface area contributed by atoms with Crippen LogP contribution < -0.4 is 4.74 Å². The molecule has 0 bridgehead atoms. The van der Waals surface area contributed by atoms with Crippen LogP contribution in [0.25, 0.3) is 0 Å². The van der Waals surface area contributed by atoms with Gasteiger partial charge in [-0.3, -0.25) is 0 Å². The number of phenolic OH excluding ortho intramolecular Hbond substituents is 11. The van der Waals surface area contributed by atoms with Gasteiger partial charge in [-0.15, -0.1) is 0 Å². The predicted octanol–water partition coefficient (Wildman–Crippen LogP) is 4.77. The minimum atomic E-state index is -0.995. The first-order valence-electron chi connectivity index (χ1n) is 13.7. The molecule has 12 heteroatoms. The minimum absolute atomic E-state index is 0.0284. The Morgan fingerprint density at radius 1 is 0.659 bits per heavy atom. The van der Waals surface area contributed by atoms with Gasteiger partial charge in [0, 0.05) is 52.3 Å². The summed E-state index contributed by atoms with van der Waals surface area (Å²) >= 11 is 0. The molecule has 44 heavy (non-hydrogen) atoms. The van der Waals surface area contributed by atoms with Gasteiger partial charge < -0.3 is 60.9 Å². The SMILES string of the molecule is C[C@H](Cc1c(O)cc(O)cc1O)[C@H](c1cc(O)c(O)c(O)c1)c1c(O)cc(O)c2c1O[C@H](c1cc(O)c(O)c(O)c1)[C@H](C)C2. The van der Waals surface area contributed by atoms with Gasteiger partial charge in [-0.25, -0.2) is 0 Å². The molecule has 1 heterocycles. The Bertz CT molecular complexity index is 1700. The second-order valence-corrected chi connectivity index (χ2v) is 11.3. The zero-order valence-corrected chi connectivity index (χ0v) is 23.6. The highest BCUT2D eigenvalue weighted by Gasteiger charge is 2.38. The molecule has 1 aliphatic rings. The second kappa shape index (κ2) is 11.0. The number of rotatable bonds is 6. The molecular weight excluding hydrogens is 576 g/mol. The summed E-state index contributed by atoms with van der Waals surface area (Å²) < 4.78 is 6.39. The van der Waals surface area contributed by atoms with Gasteiger partial charge in [-0.2, -0.15) is 0 Å². The largest absolute Gasteiger partial charge is 0.508 e. The lowest BCUT2D eigenvalue weighted by atomic mass is 9.75. The molecular formula is C32H32O12. The molecule has 0 aliphatic carbocycles. The van der Waals surface area contributed by atoms with E-state index >= 15 is 0 Å². The lowest BCUT2D eigenvalue weighted by Gasteiger charge is -2.36. The van der Waals surface area contributed by atoms with Crippen LogP contribution in [-0.2, 0) is 12.8 Å². The van der Waals surface area contributed by atoms with E-state index in [0.29, 0.717) is 5.56 Å². The van der Waals surface area contributed by atoms with Crippen LogP contribution in [0.15, 0.2) is 42.5 Å². The maximum absolute atomic E-state index is 11.3. The molecule has 0 amide bonds. The summed E-state index contributed by atoms with van der Waals surface area (Å²) in [5.74, 6) is -7.88. The highest BCUT2D eigenvalue weighted by Crippen LogP contribution is 2.54. The molecule has 0 aromatic heterocycles. The molecule has 0 radical (unpaired) electrons. The van der Waals surface area contributed by atoms with Gasteiger partial charge in [0.05, 0.1) is 0 Å². The van der Waals surface area contributed by atoms with Crippen LogP contribution in [0.4, 0.5) is 0 Å². The topological polar surface area (TPSA) is 232 Å². The van der Waals surface area contributed by atoms with E-state index in [1.54, 1.807) is 13.8 Å². The van der Waals surface area contributed by atoms with Crippen molar-refractivity contribution in [2.75, 3.05) is 0 Å². The third kappa shape index (κ3) is 5.14. The Morgan fingerprint density at radius 2 is 1.18 bits per heavy atom. The first-order valence-corrected chi connectivity index (χ1v) is 13.7. The van der Waals surface area contributed by atoms with Crippen molar-refractivity contribution < 1.29 is 60.9 Å². The van der Waals surface area contributed by atoms with E-state index in [1.807, 2.05) is 0 Å². The first-order chi connectivity index (χ1) is 20.7. The Kier molecular flexibility index (Phi) is 7.46. The van der Waals surface area contributed by atoms with E-state index in [-0.39, 0.29) is 58.3 Å². The fourth-order valence-electron chi connectivity index (χ4n) is 6.04. The number of aromatic hydroxyl groups is 11. The van der Waals surface area contributed by atoms with Crippen LogP contribution in [-0.4, -0.2) is 56.2 Å². The number of hydrogen-bond acceptors (Lipinski definition) is 12. The van der Waals surface area contributed by atoms with Gasteiger partial charge in [0.1, 0.15) is 40.6 Å². The fraction of sp³-hybridized carbons (Fsp3) is 0.250. The van der Waals surface area contributed by atoms with Gasteiger partial charge in [0.15, 0.2) is 34.5 Å². The zero-order valence-electron chi connectivity index (χ0n) is 23.6. The van der Waals surface area contributed by atoms with Crippen molar-refractivity contribution in [1.82, 2.24) is 0 Å². The molecule has 0 fully saturated rings. The van der Waals surface area contributed by atoms with E-state index in [4.69, 9.17) is 4.74 Å². The van der Waals surface area contributed by atoms with Crippen LogP contribution >= 0.6 is 0 Å². The zero-order chi connectivity index (χ0) is 32.2. The van der Waals surface area contributed by atoms with Crippen LogP contribution in [0.5, 0.6) is 69.0 Å². The molecule has 0 unspecified atom stereocenters. The third-order valence-electron chi connectivity index (χ3n) is 8.13. The Labute approximate surface area is 250 Å². The van der Waals surface area contributed by atoms with Crippen molar-refractivity contribution in [2.45, 2.75) is 38.7 Å². The number of fused-ring (bicyclic) bond motifs is 1. The van der Waals surface area contributed by atoms with Crippen molar-refractivity contribution >= 4 is 0 Å². The molecule has 5 rings (SSSR count). The maximum Gasteiger partial charge on any atom is 0.200 e. The maximum atomic E-state index is 11.3. The summed E-state index contributed by atoms with van der Waals surface area (Å²) in [5.41, 5.74) is 0.936. The van der Waals surface area contributed by atoms with Gasteiger partial charge in [0.2, 0.25) is 0 Å². The van der Waals surface area contributed by atoms with Crippen molar-refractivity contribution in [3.8, 4) is 69.0 Å². The van der Waals surface area contributed by atoms with Gasteiger partial charge in [-0.1, -0.05) is 13.8 Å². The quantitative estimate of drug-likeness (QED) is 0.133. The van der Waals surface area contributed by atoms with E-state index in [9.17, 15) is 56.2 Å². The summed E-state index contributed by atoms with van der Waals surface area (Å²) in [6, 6.07) is 8.00. The van der Waals surface area contributed by atoms with Crippen molar-refractivity contribution in [3.05, 3.63) is 70.3 Å². The molecule has 4 aromatic rings. The van der Waals surface area contributed by atoms with Gasteiger partial charge >= 0.3 is 0 Å². The third-order valence-corrected chi connectivity index (χ3v) is 8.13. The molecule has 0 spiro atoms. The van der Waals surface area contributed by atoms with Gasteiger partial charge in [0.25, 0.3) is 0 Å². The molecule has 0 saturated carbocycles. The van der Waals surface area contributed by atoms with Crippen LogP contribution in [0, 0.1) is 11.8 Å². The molecule has 11 N–H and O–H groups in total. The Morgan fingerprint density at radius 3 is 1.73 bits per heavy atom. The normalized spacial score (nSPS) is 17.4. The molecule has 232 valence electrons. The summed E-state index contributed by atoms with van der Waals surface area (Å²) in [6.45, 7) is 3.49. The summed E-state index contributed by atoms with van der Waals surface area (Å²) in [7, 11) is 0. The average molecular weight is 609 g/mol. The molecule has 0 saturated heterocycles. The minimum Gasteiger partial charge on any atom is -0.508 e. The smallest absolute Gasteiger partial charge is 0.200 e. The average Bonchev–Trinajstić information content (AvgIpc) is 2.93. The lowest BCUT2D eigenvalue weighted by molar-refractivity contribution is 0.118. The summed E-state index contributed by atoms with van der Waals surface area (Å²) in [6.07, 6.45) is -0.726. The fourth-order valence-corrected chi connectivity index (χ4v) is 6.04. The highest BCUT2D eigenvalue weighted by atomic mass is 16.5. The Hall–Kier alpha value is -5.52.